The van der Waals surface area contributed by atoms with Gasteiger partial charge in [-0.05, 0) is 30.2 Å². The smallest absolute Gasteiger partial charge is 0.219 e. The Morgan fingerprint density at radius 3 is 3.07 bits per heavy atom. The molecular weight excluding hydrogens is 212 g/mol. The van der Waals surface area contributed by atoms with Gasteiger partial charge in [-0.25, -0.2) is 0 Å². The van der Waals surface area contributed by atoms with E-state index in [0.29, 0.717) is 13.0 Å². The van der Waals surface area contributed by atoms with Crippen LogP contribution < -0.4 is 10.6 Å². The van der Waals surface area contributed by atoms with Crippen molar-refractivity contribution in [1.29, 1.82) is 0 Å². The zero-order chi connectivity index (χ0) is 10.8. The van der Waals surface area contributed by atoms with Crippen molar-refractivity contribution in [2.75, 3.05) is 18.0 Å². The van der Waals surface area contributed by atoms with E-state index in [0.717, 1.165) is 18.0 Å². The van der Waals surface area contributed by atoms with Gasteiger partial charge in [-0.2, -0.15) is 0 Å². The Morgan fingerprint density at radius 1 is 1.53 bits per heavy atom. The van der Waals surface area contributed by atoms with Crippen LogP contribution in [0.2, 0.25) is 5.02 Å². The molecular formula is C11H13ClN2O. The molecule has 1 amide bonds. The lowest BCUT2D eigenvalue weighted by Crippen LogP contribution is -2.26. The standard InChI is InChI=1S/C11H13ClN2O/c12-9-1-2-10-8(7-9)3-5-14(10)6-4-11(13)15/h1-2,7H,3-6H2,(H2,13,15). The van der Waals surface area contributed by atoms with Gasteiger partial charge in [-0.1, -0.05) is 11.6 Å². The minimum atomic E-state index is -0.252. The van der Waals surface area contributed by atoms with Crippen LogP contribution in [0.15, 0.2) is 18.2 Å². The highest BCUT2D eigenvalue weighted by Gasteiger charge is 2.18. The highest BCUT2D eigenvalue weighted by molar-refractivity contribution is 6.30. The van der Waals surface area contributed by atoms with Gasteiger partial charge in [-0.3, -0.25) is 4.79 Å². The van der Waals surface area contributed by atoms with Crippen molar-refractivity contribution >= 4 is 23.2 Å². The number of fused-ring (bicyclic) bond motifs is 1. The van der Waals surface area contributed by atoms with Crippen molar-refractivity contribution in [3.05, 3.63) is 28.8 Å². The molecule has 1 aliphatic heterocycles. The van der Waals surface area contributed by atoms with E-state index in [1.54, 1.807) is 0 Å². The molecule has 80 valence electrons. The van der Waals surface area contributed by atoms with E-state index >= 15 is 0 Å². The number of hydrogen-bond donors (Lipinski definition) is 1. The first-order chi connectivity index (χ1) is 7.16. The van der Waals surface area contributed by atoms with Gasteiger partial charge in [0.15, 0.2) is 0 Å². The number of hydrogen-bond acceptors (Lipinski definition) is 2. The monoisotopic (exact) mass is 224 g/mol. The Morgan fingerprint density at radius 2 is 2.33 bits per heavy atom. The largest absolute Gasteiger partial charge is 0.370 e. The average molecular weight is 225 g/mol. The Hall–Kier alpha value is -1.22. The molecule has 1 heterocycles. The first-order valence-corrected chi connectivity index (χ1v) is 5.36. The summed E-state index contributed by atoms with van der Waals surface area (Å²) in [6.07, 6.45) is 1.40. The van der Waals surface area contributed by atoms with Crippen molar-refractivity contribution in [2.24, 2.45) is 5.73 Å². The van der Waals surface area contributed by atoms with E-state index in [2.05, 4.69) is 4.90 Å². The van der Waals surface area contributed by atoms with Gasteiger partial charge in [0.1, 0.15) is 0 Å². The molecule has 4 heteroatoms. The molecule has 0 bridgehead atoms. The minimum absolute atomic E-state index is 0.252. The molecule has 0 unspecified atom stereocenters. The number of carbonyl (C=O) groups is 1. The highest BCUT2D eigenvalue weighted by atomic mass is 35.5. The topological polar surface area (TPSA) is 46.3 Å². The lowest BCUT2D eigenvalue weighted by molar-refractivity contribution is -0.117. The number of nitrogens with two attached hydrogens (primary N) is 1. The summed E-state index contributed by atoms with van der Waals surface area (Å²) in [4.78, 5) is 12.9. The molecule has 0 spiro atoms. The predicted octanol–water partition coefficient (Wildman–Crippen LogP) is 1.58. The van der Waals surface area contributed by atoms with Gasteiger partial charge >= 0.3 is 0 Å². The lowest BCUT2D eigenvalue weighted by atomic mass is 10.2. The van der Waals surface area contributed by atoms with Gasteiger partial charge in [0.05, 0.1) is 0 Å². The third-order valence-electron chi connectivity index (χ3n) is 2.66. The number of anilines is 1. The summed E-state index contributed by atoms with van der Waals surface area (Å²) in [6.45, 7) is 1.65. The summed E-state index contributed by atoms with van der Waals surface area (Å²) in [6, 6.07) is 5.87. The maximum atomic E-state index is 10.7. The quantitative estimate of drug-likeness (QED) is 0.848. The van der Waals surface area contributed by atoms with Gasteiger partial charge < -0.3 is 10.6 Å². The van der Waals surface area contributed by atoms with E-state index in [1.165, 1.54) is 11.3 Å². The van der Waals surface area contributed by atoms with Gasteiger partial charge in [-0.15, -0.1) is 0 Å². The van der Waals surface area contributed by atoms with E-state index in [9.17, 15) is 4.79 Å². The number of nitrogens with zero attached hydrogens (tertiary/aromatic N) is 1. The van der Waals surface area contributed by atoms with Crippen LogP contribution in [0.25, 0.3) is 0 Å². The van der Waals surface area contributed by atoms with Crippen LogP contribution in [-0.4, -0.2) is 19.0 Å². The third kappa shape index (κ3) is 2.23. The van der Waals surface area contributed by atoms with E-state index < -0.39 is 0 Å². The normalized spacial score (nSPS) is 14.1. The van der Waals surface area contributed by atoms with Crippen LogP contribution in [0.5, 0.6) is 0 Å². The van der Waals surface area contributed by atoms with Crippen LogP contribution in [0.3, 0.4) is 0 Å². The summed E-state index contributed by atoms with van der Waals surface area (Å²) in [7, 11) is 0. The molecule has 1 aromatic carbocycles. The first-order valence-electron chi connectivity index (χ1n) is 4.98. The van der Waals surface area contributed by atoms with Crippen LogP contribution in [0, 0.1) is 0 Å². The van der Waals surface area contributed by atoms with Crippen LogP contribution >= 0.6 is 11.6 Å². The first kappa shape index (κ1) is 10.3. The summed E-state index contributed by atoms with van der Waals surface area (Å²) in [5, 5.41) is 0.769. The van der Waals surface area contributed by atoms with Crippen molar-refractivity contribution < 1.29 is 4.79 Å². The number of halogens is 1. The molecule has 1 aliphatic rings. The Kier molecular flexibility index (Phi) is 2.82. The zero-order valence-electron chi connectivity index (χ0n) is 8.37. The lowest BCUT2D eigenvalue weighted by Gasteiger charge is -2.18. The molecule has 1 aromatic rings. The molecule has 15 heavy (non-hydrogen) atoms. The predicted molar refractivity (Wildman–Crippen MR) is 61.2 cm³/mol. The van der Waals surface area contributed by atoms with Crippen LogP contribution in [0.1, 0.15) is 12.0 Å². The van der Waals surface area contributed by atoms with E-state index in [1.807, 2.05) is 18.2 Å². The maximum absolute atomic E-state index is 10.7. The third-order valence-corrected chi connectivity index (χ3v) is 2.90. The van der Waals surface area contributed by atoms with Crippen molar-refractivity contribution in [2.45, 2.75) is 12.8 Å². The fourth-order valence-corrected chi connectivity index (χ4v) is 2.11. The van der Waals surface area contributed by atoms with Gasteiger partial charge in [0.25, 0.3) is 0 Å². The summed E-state index contributed by atoms with van der Waals surface area (Å²) >= 11 is 5.91. The minimum Gasteiger partial charge on any atom is -0.370 e. The molecule has 0 aromatic heterocycles. The van der Waals surface area contributed by atoms with Gasteiger partial charge in [0.2, 0.25) is 5.91 Å². The molecule has 2 N–H and O–H groups in total. The second kappa shape index (κ2) is 4.11. The van der Waals surface area contributed by atoms with Crippen LogP contribution in [0.4, 0.5) is 5.69 Å². The summed E-state index contributed by atoms with van der Waals surface area (Å²) < 4.78 is 0. The number of rotatable bonds is 3. The number of benzene rings is 1. The number of amides is 1. The van der Waals surface area contributed by atoms with E-state index in [-0.39, 0.29) is 5.91 Å². The summed E-state index contributed by atoms with van der Waals surface area (Å²) in [5.74, 6) is -0.252. The van der Waals surface area contributed by atoms with Crippen molar-refractivity contribution in [3.63, 3.8) is 0 Å². The number of carbonyl (C=O) groups excluding carboxylic acids is 1. The van der Waals surface area contributed by atoms with Crippen molar-refractivity contribution in [1.82, 2.24) is 0 Å². The second-order valence-corrected chi connectivity index (χ2v) is 4.16. The fraction of sp³-hybridized carbons (Fsp3) is 0.364. The molecule has 0 saturated carbocycles. The number of primary amides is 1. The van der Waals surface area contributed by atoms with E-state index in [4.69, 9.17) is 17.3 Å². The fourth-order valence-electron chi connectivity index (χ4n) is 1.92. The van der Waals surface area contributed by atoms with Gasteiger partial charge in [0, 0.05) is 30.2 Å². The van der Waals surface area contributed by atoms with Crippen molar-refractivity contribution in [3.8, 4) is 0 Å². The van der Waals surface area contributed by atoms with Crippen LogP contribution in [-0.2, 0) is 11.2 Å². The Bertz CT molecular complexity index is 392. The second-order valence-electron chi connectivity index (χ2n) is 3.73. The Balaban J connectivity index is 2.11. The molecule has 3 nitrogen and oxygen atoms in total. The molecule has 0 atom stereocenters. The zero-order valence-corrected chi connectivity index (χ0v) is 9.13. The summed E-state index contributed by atoms with van der Waals surface area (Å²) in [5.41, 5.74) is 7.57. The molecule has 0 fully saturated rings. The Labute approximate surface area is 93.8 Å². The molecule has 0 saturated heterocycles. The SMILES string of the molecule is NC(=O)CCN1CCc2cc(Cl)ccc21. The maximum Gasteiger partial charge on any atom is 0.219 e. The molecule has 0 aliphatic carbocycles. The molecule has 0 radical (unpaired) electrons. The molecule has 2 rings (SSSR count). The highest BCUT2D eigenvalue weighted by Crippen LogP contribution is 2.30. The average Bonchev–Trinajstić information content (AvgIpc) is 2.57.